The Balaban J connectivity index is 1.64. The molecule has 2 heterocycles. The van der Waals surface area contributed by atoms with Crippen LogP contribution in [-0.2, 0) is 4.79 Å². The summed E-state index contributed by atoms with van der Waals surface area (Å²) in [5.41, 5.74) is 0.862. The minimum Gasteiger partial charge on any atom is -0.366 e. The first-order valence-corrected chi connectivity index (χ1v) is 7.64. The minimum absolute atomic E-state index is 0.0902. The number of carbonyl (C=O) groups is 1. The first-order valence-electron chi connectivity index (χ1n) is 7.64. The molecule has 22 heavy (non-hydrogen) atoms. The van der Waals surface area contributed by atoms with Gasteiger partial charge in [0.25, 0.3) is 5.69 Å². The fourth-order valence-electron chi connectivity index (χ4n) is 3.33. The van der Waals surface area contributed by atoms with Gasteiger partial charge in [-0.1, -0.05) is 12.1 Å². The van der Waals surface area contributed by atoms with Crippen LogP contribution in [0.4, 0.5) is 11.4 Å². The molecule has 7 heteroatoms. The van der Waals surface area contributed by atoms with Crippen molar-refractivity contribution in [2.45, 2.75) is 18.9 Å². The van der Waals surface area contributed by atoms with Crippen molar-refractivity contribution in [1.29, 1.82) is 0 Å². The Morgan fingerprint density at radius 2 is 1.91 bits per heavy atom. The lowest BCUT2D eigenvalue weighted by Crippen LogP contribution is -2.54. The predicted octanol–water partition coefficient (Wildman–Crippen LogP) is 0.995. The number of hydrogen-bond donors (Lipinski definition) is 1. The number of hydrogen-bond acceptors (Lipinski definition) is 5. The standard InChI is InChI=1S/C15H20N4O3/c20-15-11-18(10-7-16-15)12-5-8-17(9-6-12)13-3-1-2-4-14(13)19(21)22/h1-4,12H,5-11H2,(H,16,20). The van der Waals surface area contributed by atoms with Crippen molar-refractivity contribution < 1.29 is 9.72 Å². The topological polar surface area (TPSA) is 78.7 Å². The van der Waals surface area contributed by atoms with Crippen LogP contribution in [0.2, 0.25) is 0 Å². The number of amides is 1. The molecule has 0 atom stereocenters. The molecule has 118 valence electrons. The van der Waals surface area contributed by atoms with Gasteiger partial charge < -0.3 is 10.2 Å². The number of piperidine rings is 1. The Morgan fingerprint density at radius 1 is 1.18 bits per heavy atom. The monoisotopic (exact) mass is 304 g/mol. The van der Waals surface area contributed by atoms with Crippen molar-refractivity contribution in [3.63, 3.8) is 0 Å². The van der Waals surface area contributed by atoms with Gasteiger partial charge >= 0.3 is 0 Å². The van der Waals surface area contributed by atoms with Crippen LogP contribution in [0, 0.1) is 10.1 Å². The van der Waals surface area contributed by atoms with Crippen molar-refractivity contribution in [2.75, 3.05) is 37.6 Å². The van der Waals surface area contributed by atoms with Crippen LogP contribution in [0.3, 0.4) is 0 Å². The molecule has 0 saturated carbocycles. The molecule has 2 aliphatic heterocycles. The Morgan fingerprint density at radius 3 is 2.59 bits per heavy atom. The number of nitrogens with one attached hydrogen (secondary N) is 1. The summed E-state index contributed by atoms with van der Waals surface area (Å²) in [7, 11) is 0. The maximum Gasteiger partial charge on any atom is 0.292 e. The molecule has 0 aromatic heterocycles. The van der Waals surface area contributed by atoms with E-state index in [0.717, 1.165) is 32.5 Å². The normalized spacial score (nSPS) is 20.7. The largest absolute Gasteiger partial charge is 0.366 e. The summed E-state index contributed by atoms with van der Waals surface area (Å²) in [6.07, 6.45) is 1.86. The van der Waals surface area contributed by atoms with Crippen molar-refractivity contribution in [1.82, 2.24) is 10.2 Å². The molecule has 0 unspecified atom stereocenters. The molecular formula is C15H20N4O3. The van der Waals surface area contributed by atoms with Crippen LogP contribution >= 0.6 is 0 Å². The second-order valence-corrected chi connectivity index (χ2v) is 5.78. The van der Waals surface area contributed by atoms with Crippen LogP contribution in [-0.4, -0.2) is 54.5 Å². The predicted molar refractivity (Wildman–Crippen MR) is 82.9 cm³/mol. The van der Waals surface area contributed by atoms with Gasteiger partial charge in [-0.15, -0.1) is 0 Å². The summed E-state index contributed by atoms with van der Waals surface area (Å²) in [4.78, 5) is 26.6. The van der Waals surface area contributed by atoms with Crippen LogP contribution in [0.15, 0.2) is 24.3 Å². The molecule has 3 rings (SSSR count). The van der Waals surface area contributed by atoms with Crippen LogP contribution in [0.1, 0.15) is 12.8 Å². The molecule has 1 N–H and O–H groups in total. The SMILES string of the molecule is O=C1CN(C2CCN(c3ccccc3[N+](=O)[O-])CC2)CCN1. The van der Waals surface area contributed by atoms with Gasteiger partial charge in [0, 0.05) is 38.3 Å². The zero-order valence-electron chi connectivity index (χ0n) is 12.4. The Labute approximate surface area is 129 Å². The fraction of sp³-hybridized carbons (Fsp3) is 0.533. The minimum atomic E-state index is -0.323. The molecule has 7 nitrogen and oxygen atoms in total. The third kappa shape index (κ3) is 3.04. The van der Waals surface area contributed by atoms with E-state index >= 15 is 0 Å². The number of piperazine rings is 1. The Kier molecular flexibility index (Phi) is 4.24. The highest BCUT2D eigenvalue weighted by Gasteiger charge is 2.29. The second-order valence-electron chi connectivity index (χ2n) is 5.78. The number of nitrogens with zero attached hydrogens (tertiary/aromatic N) is 3. The van der Waals surface area contributed by atoms with Gasteiger partial charge in [0.2, 0.25) is 5.91 Å². The van der Waals surface area contributed by atoms with Crippen molar-refractivity contribution >= 4 is 17.3 Å². The molecule has 0 radical (unpaired) electrons. The third-order valence-corrected chi connectivity index (χ3v) is 4.47. The molecule has 2 saturated heterocycles. The lowest BCUT2D eigenvalue weighted by atomic mass is 10.0. The third-order valence-electron chi connectivity index (χ3n) is 4.47. The Hall–Kier alpha value is -2.15. The zero-order valence-corrected chi connectivity index (χ0v) is 12.4. The average Bonchev–Trinajstić information content (AvgIpc) is 2.55. The highest BCUT2D eigenvalue weighted by atomic mass is 16.6. The van der Waals surface area contributed by atoms with E-state index in [9.17, 15) is 14.9 Å². The van der Waals surface area contributed by atoms with Gasteiger partial charge in [0.1, 0.15) is 5.69 Å². The zero-order chi connectivity index (χ0) is 15.5. The fourth-order valence-corrected chi connectivity index (χ4v) is 3.33. The number of nitro groups is 1. The lowest BCUT2D eigenvalue weighted by molar-refractivity contribution is -0.384. The van der Waals surface area contributed by atoms with Gasteiger partial charge in [-0.3, -0.25) is 19.8 Å². The van der Waals surface area contributed by atoms with Gasteiger partial charge in [0.05, 0.1) is 11.5 Å². The molecule has 1 aromatic carbocycles. The summed E-state index contributed by atoms with van der Waals surface area (Å²) in [6.45, 7) is 3.64. The van der Waals surface area contributed by atoms with Crippen molar-refractivity contribution in [3.8, 4) is 0 Å². The molecule has 2 aliphatic rings. The van der Waals surface area contributed by atoms with Crippen molar-refractivity contribution in [3.05, 3.63) is 34.4 Å². The quantitative estimate of drug-likeness (QED) is 0.665. The van der Waals surface area contributed by atoms with E-state index in [1.807, 2.05) is 12.1 Å². The maximum absolute atomic E-state index is 11.5. The van der Waals surface area contributed by atoms with Gasteiger partial charge in [-0.25, -0.2) is 0 Å². The van der Waals surface area contributed by atoms with Crippen LogP contribution < -0.4 is 10.2 Å². The van der Waals surface area contributed by atoms with Gasteiger partial charge in [0.15, 0.2) is 0 Å². The van der Waals surface area contributed by atoms with Crippen LogP contribution in [0.5, 0.6) is 0 Å². The lowest BCUT2D eigenvalue weighted by Gasteiger charge is -2.40. The number of benzene rings is 1. The van der Waals surface area contributed by atoms with Crippen molar-refractivity contribution in [2.24, 2.45) is 0 Å². The summed E-state index contributed by atoms with van der Waals surface area (Å²) < 4.78 is 0. The second kappa shape index (κ2) is 6.31. The van der Waals surface area contributed by atoms with Crippen LogP contribution in [0.25, 0.3) is 0 Å². The molecule has 2 fully saturated rings. The number of anilines is 1. The van der Waals surface area contributed by atoms with E-state index in [1.54, 1.807) is 12.1 Å². The summed E-state index contributed by atoms with van der Waals surface area (Å²) in [5.74, 6) is 0.0902. The number of rotatable bonds is 3. The number of nitro benzene ring substituents is 1. The van der Waals surface area contributed by atoms with E-state index in [4.69, 9.17) is 0 Å². The van der Waals surface area contributed by atoms with E-state index in [2.05, 4.69) is 15.1 Å². The van der Waals surface area contributed by atoms with E-state index < -0.39 is 0 Å². The van der Waals surface area contributed by atoms with E-state index in [0.29, 0.717) is 24.8 Å². The van der Waals surface area contributed by atoms with E-state index in [1.165, 1.54) is 0 Å². The first-order chi connectivity index (χ1) is 10.6. The maximum atomic E-state index is 11.5. The smallest absolute Gasteiger partial charge is 0.292 e. The summed E-state index contributed by atoms with van der Waals surface area (Å²) >= 11 is 0. The Bertz CT molecular complexity index is 570. The first kappa shape index (κ1) is 14.8. The molecule has 0 bridgehead atoms. The summed E-state index contributed by atoms with van der Waals surface area (Å²) in [5, 5.41) is 14.0. The van der Waals surface area contributed by atoms with Gasteiger partial charge in [-0.05, 0) is 18.9 Å². The molecule has 1 aromatic rings. The highest BCUT2D eigenvalue weighted by molar-refractivity contribution is 5.78. The molecule has 0 aliphatic carbocycles. The van der Waals surface area contributed by atoms with E-state index in [-0.39, 0.29) is 16.5 Å². The number of para-hydroxylation sites is 2. The average molecular weight is 304 g/mol. The molecule has 0 spiro atoms. The molecular weight excluding hydrogens is 284 g/mol. The summed E-state index contributed by atoms with van der Waals surface area (Å²) in [6, 6.07) is 7.29. The van der Waals surface area contributed by atoms with Gasteiger partial charge in [-0.2, -0.15) is 0 Å². The molecule has 1 amide bonds. The number of carbonyl (C=O) groups excluding carboxylic acids is 1. The highest BCUT2D eigenvalue weighted by Crippen LogP contribution is 2.30.